The van der Waals surface area contributed by atoms with Crippen molar-refractivity contribution < 1.29 is 9.53 Å². The first-order chi connectivity index (χ1) is 8.57. The standard InChI is InChI=1S/C13H17BrN2O2/c1-13(6-7-18-9-13)16-12(17)15-8-10-2-4-11(14)5-3-10/h2-5H,6-9H2,1H3,(H2,15,16,17)/t13-/m0/s1. The van der Waals surface area contributed by atoms with E-state index in [9.17, 15) is 4.79 Å². The second-order valence-electron chi connectivity index (χ2n) is 4.80. The lowest BCUT2D eigenvalue weighted by atomic mass is 10.0. The molecule has 0 spiro atoms. The average Bonchev–Trinajstić information content (AvgIpc) is 2.75. The van der Waals surface area contributed by atoms with Crippen LogP contribution in [0.25, 0.3) is 0 Å². The van der Waals surface area contributed by atoms with Crippen LogP contribution in [0, 0.1) is 0 Å². The van der Waals surface area contributed by atoms with Gasteiger partial charge in [-0.2, -0.15) is 0 Å². The summed E-state index contributed by atoms with van der Waals surface area (Å²) in [5.41, 5.74) is 0.838. The molecule has 98 valence electrons. The number of carbonyl (C=O) groups excluding carboxylic acids is 1. The summed E-state index contributed by atoms with van der Waals surface area (Å²) in [5.74, 6) is 0. The van der Waals surface area contributed by atoms with Crippen LogP contribution in [0.2, 0.25) is 0 Å². The minimum absolute atomic E-state index is 0.147. The van der Waals surface area contributed by atoms with E-state index in [1.807, 2.05) is 31.2 Å². The Morgan fingerprint density at radius 2 is 2.17 bits per heavy atom. The van der Waals surface area contributed by atoms with Crippen molar-refractivity contribution in [1.29, 1.82) is 0 Å². The topological polar surface area (TPSA) is 50.4 Å². The first kappa shape index (κ1) is 13.4. The van der Waals surface area contributed by atoms with Gasteiger partial charge in [-0.1, -0.05) is 28.1 Å². The van der Waals surface area contributed by atoms with Crippen LogP contribution in [0.1, 0.15) is 18.9 Å². The number of rotatable bonds is 3. The number of ether oxygens (including phenoxy) is 1. The molecule has 1 aromatic rings. The molecular weight excluding hydrogens is 296 g/mol. The minimum Gasteiger partial charge on any atom is -0.379 e. The van der Waals surface area contributed by atoms with E-state index in [-0.39, 0.29) is 11.6 Å². The monoisotopic (exact) mass is 312 g/mol. The van der Waals surface area contributed by atoms with Crippen LogP contribution in [0.3, 0.4) is 0 Å². The van der Waals surface area contributed by atoms with Crippen LogP contribution in [-0.4, -0.2) is 24.8 Å². The quantitative estimate of drug-likeness (QED) is 0.900. The Balaban J connectivity index is 1.79. The fourth-order valence-corrected chi connectivity index (χ4v) is 2.13. The zero-order valence-corrected chi connectivity index (χ0v) is 11.9. The van der Waals surface area contributed by atoms with E-state index >= 15 is 0 Å². The van der Waals surface area contributed by atoms with Gasteiger partial charge in [0.05, 0.1) is 12.1 Å². The maximum Gasteiger partial charge on any atom is 0.315 e. The molecule has 2 amide bonds. The van der Waals surface area contributed by atoms with Crippen LogP contribution >= 0.6 is 15.9 Å². The van der Waals surface area contributed by atoms with Crippen molar-refractivity contribution in [3.8, 4) is 0 Å². The normalized spacial score (nSPS) is 22.8. The maximum atomic E-state index is 11.8. The van der Waals surface area contributed by atoms with Crippen LogP contribution in [0.4, 0.5) is 4.79 Å². The minimum atomic E-state index is -0.232. The Morgan fingerprint density at radius 1 is 1.44 bits per heavy atom. The van der Waals surface area contributed by atoms with E-state index in [1.54, 1.807) is 0 Å². The molecule has 5 heteroatoms. The first-order valence-electron chi connectivity index (χ1n) is 5.96. The number of halogens is 1. The van der Waals surface area contributed by atoms with Crippen LogP contribution in [0.15, 0.2) is 28.7 Å². The zero-order valence-electron chi connectivity index (χ0n) is 10.3. The SMILES string of the molecule is C[C@]1(NC(=O)NCc2ccc(Br)cc2)CCOC1. The van der Waals surface area contributed by atoms with Crippen molar-refractivity contribution in [2.75, 3.05) is 13.2 Å². The molecule has 1 fully saturated rings. The molecule has 18 heavy (non-hydrogen) atoms. The van der Waals surface area contributed by atoms with Gasteiger partial charge in [0.2, 0.25) is 0 Å². The van der Waals surface area contributed by atoms with Crippen molar-refractivity contribution in [2.45, 2.75) is 25.4 Å². The summed E-state index contributed by atoms with van der Waals surface area (Å²) in [6.45, 7) is 3.82. The maximum absolute atomic E-state index is 11.8. The molecule has 0 aromatic heterocycles. The molecule has 0 saturated carbocycles. The van der Waals surface area contributed by atoms with E-state index in [2.05, 4.69) is 26.6 Å². The number of hydrogen-bond donors (Lipinski definition) is 2. The molecule has 2 rings (SSSR count). The lowest BCUT2D eigenvalue weighted by Gasteiger charge is -2.23. The van der Waals surface area contributed by atoms with Crippen molar-refractivity contribution >= 4 is 22.0 Å². The van der Waals surface area contributed by atoms with Gasteiger partial charge in [-0.05, 0) is 31.0 Å². The molecular formula is C13H17BrN2O2. The van der Waals surface area contributed by atoms with E-state index in [1.165, 1.54) is 0 Å². The highest BCUT2D eigenvalue weighted by molar-refractivity contribution is 9.10. The molecule has 1 aliphatic rings. The highest BCUT2D eigenvalue weighted by Gasteiger charge is 2.30. The number of carbonyl (C=O) groups is 1. The summed E-state index contributed by atoms with van der Waals surface area (Å²) in [7, 11) is 0. The lowest BCUT2D eigenvalue weighted by molar-refractivity contribution is 0.170. The third kappa shape index (κ3) is 3.71. The third-order valence-electron chi connectivity index (χ3n) is 3.00. The van der Waals surface area contributed by atoms with Crippen molar-refractivity contribution in [1.82, 2.24) is 10.6 Å². The number of urea groups is 1. The fraction of sp³-hybridized carbons (Fsp3) is 0.462. The van der Waals surface area contributed by atoms with Crippen LogP contribution in [-0.2, 0) is 11.3 Å². The van der Waals surface area contributed by atoms with Crippen molar-refractivity contribution in [2.24, 2.45) is 0 Å². The molecule has 4 nitrogen and oxygen atoms in total. The number of amides is 2. The summed E-state index contributed by atoms with van der Waals surface area (Å²) < 4.78 is 6.32. The molecule has 1 heterocycles. The van der Waals surface area contributed by atoms with E-state index < -0.39 is 0 Å². The average molecular weight is 313 g/mol. The molecule has 1 aromatic carbocycles. The fourth-order valence-electron chi connectivity index (χ4n) is 1.87. The smallest absolute Gasteiger partial charge is 0.315 e. The molecule has 2 N–H and O–H groups in total. The Labute approximate surface area is 115 Å². The predicted molar refractivity (Wildman–Crippen MR) is 73.4 cm³/mol. The van der Waals surface area contributed by atoms with Gasteiger partial charge in [0.1, 0.15) is 0 Å². The third-order valence-corrected chi connectivity index (χ3v) is 3.53. The van der Waals surface area contributed by atoms with E-state index in [4.69, 9.17) is 4.74 Å². The molecule has 0 aliphatic carbocycles. The second-order valence-corrected chi connectivity index (χ2v) is 5.71. The van der Waals surface area contributed by atoms with Gasteiger partial charge in [0, 0.05) is 17.6 Å². The molecule has 0 radical (unpaired) electrons. The van der Waals surface area contributed by atoms with Crippen LogP contribution < -0.4 is 10.6 Å². The van der Waals surface area contributed by atoms with Gasteiger partial charge < -0.3 is 15.4 Å². The Hall–Kier alpha value is -1.07. The first-order valence-corrected chi connectivity index (χ1v) is 6.75. The number of nitrogens with one attached hydrogen (secondary N) is 2. The molecule has 1 aliphatic heterocycles. The summed E-state index contributed by atoms with van der Waals surface area (Å²) in [5, 5.41) is 5.80. The number of hydrogen-bond acceptors (Lipinski definition) is 2. The molecule has 1 atom stereocenters. The number of benzene rings is 1. The Kier molecular flexibility index (Phi) is 4.24. The van der Waals surface area contributed by atoms with Crippen molar-refractivity contribution in [3.63, 3.8) is 0 Å². The Morgan fingerprint density at radius 3 is 2.78 bits per heavy atom. The van der Waals surface area contributed by atoms with Gasteiger partial charge in [0.15, 0.2) is 0 Å². The zero-order chi connectivity index (χ0) is 13.0. The highest BCUT2D eigenvalue weighted by atomic mass is 79.9. The largest absolute Gasteiger partial charge is 0.379 e. The second kappa shape index (κ2) is 5.71. The van der Waals surface area contributed by atoms with Crippen molar-refractivity contribution in [3.05, 3.63) is 34.3 Å². The summed E-state index contributed by atoms with van der Waals surface area (Å²) in [6.07, 6.45) is 0.860. The van der Waals surface area contributed by atoms with Gasteiger partial charge >= 0.3 is 6.03 Å². The van der Waals surface area contributed by atoms with Gasteiger partial charge in [-0.15, -0.1) is 0 Å². The van der Waals surface area contributed by atoms with E-state index in [0.29, 0.717) is 19.8 Å². The van der Waals surface area contributed by atoms with E-state index in [0.717, 1.165) is 16.5 Å². The highest BCUT2D eigenvalue weighted by Crippen LogP contribution is 2.17. The van der Waals surface area contributed by atoms with Gasteiger partial charge in [-0.3, -0.25) is 0 Å². The molecule has 0 bridgehead atoms. The summed E-state index contributed by atoms with van der Waals surface area (Å²) in [6, 6.07) is 7.73. The Bertz CT molecular complexity index is 414. The van der Waals surface area contributed by atoms with Crippen LogP contribution in [0.5, 0.6) is 0 Å². The molecule has 0 unspecified atom stereocenters. The summed E-state index contributed by atoms with van der Waals surface area (Å²) in [4.78, 5) is 11.8. The summed E-state index contributed by atoms with van der Waals surface area (Å²) >= 11 is 3.38. The predicted octanol–water partition coefficient (Wildman–Crippen LogP) is 2.43. The van der Waals surface area contributed by atoms with Gasteiger partial charge in [0.25, 0.3) is 0 Å². The lowest BCUT2D eigenvalue weighted by Crippen LogP contribution is -2.50. The molecule has 1 saturated heterocycles. The van der Waals surface area contributed by atoms with Gasteiger partial charge in [-0.25, -0.2) is 4.79 Å².